The molecule has 0 radical (unpaired) electrons. The van der Waals surface area contributed by atoms with Gasteiger partial charge in [0.15, 0.2) is 0 Å². The molecule has 0 saturated carbocycles. The fraction of sp³-hybridized carbons (Fsp3) is 0.700. The zero-order chi connectivity index (χ0) is 10.6. The van der Waals surface area contributed by atoms with Crippen LogP contribution in [-0.2, 0) is 6.54 Å². The van der Waals surface area contributed by atoms with E-state index >= 15 is 0 Å². The van der Waals surface area contributed by atoms with Gasteiger partial charge in [-0.2, -0.15) is 5.10 Å². The van der Waals surface area contributed by atoms with E-state index in [1.54, 1.807) is 10.9 Å². The van der Waals surface area contributed by atoms with Crippen molar-refractivity contribution in [2.75, 3.05) is 0 Å². The summed E-state index contributed by atoms with van der Waals surface area (Å²) in [5.74, 6) is 0. The van der Waals surface area contributed by atoms with Crippen molar-refractivity contribution < 1.29 is 5.11 Å². The van der Waals surface area contributed by atoms with Crippen LogP contribution < -0.4 is 0 Å². The molecule has 0 saturated heterocycles. The molecule has 4 heteroatoms. The number of nitrogens with zero attached hydrogens (tertiary/aromatic N) is 2. The minimum atomic E-state index is -0.482. The fourth-order valence-corrected chi connectivity index (χ4v) is 1.76. The van der Waals surface area contributed by atoms with Gasteiger partial charge in [-0.3, -0.25) is 4.68 Å². The Kier molecular flexibility index (Phi) is 4.42. The van der Waals surface area contributed by atoms with Gasteiger partial charge >= 0.3 is 0 Å². The van der Waals surface area contributed by atoms with Crippen molar-refractivity contribution in [3.05, 3.63) is 16.9 Å². The molecule has 0 aliphatic rings. The third kappa shape index (κ3) is 2.49. The van der Waals surface area contributed by atoms with Gasteiger partial charge in [0.05, 0.1) is 23.0 Å². The second-order valence-corrected chi connectivity index (χ2v) is 3.76. The predicted octanol–water partition coefficient (Wildman–Crippen LogP) is 2.78. The van der Waals surface area contributed by atoms with E-state index < -0.39 is 6.10 Å². The van der Waals surface area contributed by atoms with Crippen molar-refractivity contribution >= 4 is 11.6 Å². The zero-order valence-corrected chi connectivity index (χ0v) is 9.46. The van der Waals surface area contributed by atoms with E-state index in [2.05, 4.69) is 12.0 Å². The van der Waals surface area contributed by atoms with Crippen molar-refractivity contribution in [2.24, 2.45) is 0 Å². The minimum absolute atomic E-state index is 0.482. The SMILES string of the molecule is CCCCC(O)c1c(Cl)cnn1CC. The van der Waals surface area contributed by atoms with Crippen LogP contribution in [-0.4, -0.2) is 14.9 Å². The van der Waals surface area contributed by atoms with Crippen molar-refractivity contribution in [3.8, 4) is 0 Å². The molecule has 0 aliphatic carbocycles. The van der Waals surface area contributed by atoms with Crippen molar-refractivity contribution in [1.29, 1.82) is 0 Å². The van der Waals surface area contributed by atoms with Crippen LogP contribution in [0.4, 0.5) is 0 Å². The normalized spacial score (nSPS) is 13.1. The molecule has 14 heavy (non-hydrogen) atoms. The van der Waals surface area contributed by atoms with Crippen LogP contribution in [0.15, 0.2) is 6.20 Å². The smallest absolute Gasteiger partial charge is 0.0971 e. The lowest BCUT2D eigenvalue weighted by Crippen LogP contribution is -2.08. The Morgan fingerprint density at radius 2 is 2.29 bits per heavy atom. The van der Waals surface area contributed by atoms with Gasteiger partial charge in [0.2, 0.25) is 0 Å². The third-order valence-electron chi connectivity index (χ3n) is 2.28. The first kappa shape index (κ1) is 11.5. The van der Waals surface area contributed by atoms with Crippen LogP contribution in [0.5, 0.6) is 0 Å². The van der Waals surface area contributed by atoms with E-state index in [0.29, 0.717) is 5.02 Å². The van der Waals surface area contributed by atoms with Crippen LogP contribution in [0.2, 0.25) is 5.02 Å². The Labute approximate surface area is 89.7 Å². The summed E-state index contributed by atoms with van der Waals surface area (Å²) in [4.78, 5) is 0. The number of halogens is 1. The molecule has 1 rings (SSSR count). The summed E-state index contributed by atoms with van der Waals surface area (Å²) in [6.07, 6.45) is 3.95. The van der Waals surface area contributed by atoms with E-state index in [4.69, 9.17) is 11.6 Å². The number of rotatable bonds is 5. The van der Waals surface area contributed by atoms with E-state index in [1.807, 2.05) is 6.92 Å². The minimum Gasteiger partial charge on any atom is -0.387 e. The molecule has 1 aromatic rings. The summed E-state index contributed by atoms with van der Waals surface area (Å²) in [5, 5.41) is 14.5. The Morgan fingerprint density at radius 1 is 1.57 bits per heavy atom. The molecular formula is C10H17ClN2O. The van der Waals surface area contributed by atoms with Gasteiger partial charge in [-0.05, 0) is 13.3 Å². The third-order valence-corrected chi connectivity index (χ3v) is 2.57. The van der Waals surface area contributed by atoms with Gasteiger partial charge in [-0.1, -0.05) is 31.4 Å². The van der Waals surface area contributed by atoms with Crippen LogP contribution in [0.25, 0.3) is 0 Å². The molecule has 80 valence electrons. The highest BCUT2D eigenvalue weighted by Gasteiger charge is 2.16. The fourth-order valence-electron chi connectivity index (χ4n) is 1.49. The summed E-state index contributed by atoms with van der Waals surface area (Å²) in [7, 11) is 0. The number of hydrogen-bond donors (Lipinski definition) is 1. The number of hydrogen-bond acceptors (Lipinski definition) is 2. The summed E-state index contributed by atoms with van der Waals surface area (Å²) in [6, 6.07) is 0. The lowest BCUT2D eigenvalue weighted by Gasteiger charge is -2.12. The topological polar surface area (TPSA) is 38.1 Å². The molecule has 1 unspecified atom stereocenters. The molecule has 0 bridgehead atoms. The maximum Gasteiger partial charge on any atom is 0.0971 e. The average molecular weight is 217 g/mol. The monoisotopic (exact) mass is 216 g/mol. The molecule has 1 N–H and O–H groups in total. The molecule has 0 fully saturated rings. The number of aryl methyl sites for hydroxylation is 1. The number of aromatic nitrogens is 2. The maximum absolute atomic E-state index is 9.89. The molecule has 0 aromatic carbocycles. The highest BCUT2D eigenvalue weighted by molar-refractivity contribution is 6.31. The van der Waals surface area contributed by atoms with Crippen LogP contribution in [0.1, 0.15) is 44.9 Å². The van der Waals surface area contributed by atoms with Crippen molar-refractivity contribution in [1.82, 2.24) is 9.78 Å². The first-order chi connectivity index (χ1) is 6.70. The van der Waals surface area contributed by atoms with Gasteiger partial charge in [-0.15, -0.1) is 0 Å². The van der Waals surface area contributed by atoms with E-state index in [1.165, 1.54) is 0 Å². The van der Waals surface area contributed by atoms with Crippen molar-refractivity contribution in [3.63, 3.8) is 0 Å². The molecule has 0 amide bonds. The second kappa shape index (κ2) is 5.37. The Bertz CT molecular complexity index is 286. The van der Waals surface area contributed by atoms with Crippen LogP contribution in [0.3, 0.4) is 0 Å². The lowest BCUT2D eigenvalue weighted by atomic mass is 10.1. The maximum atomic E-state index is 9.89. The average Bonchev–Trinajstić information content (AvgIpc) is 2.56. The molecule has 1 heterocycles. The zero-order valence-electron chi connectivity index (χ0n) is 8.70. The van der Waals surface area contributed by atoms with Gasteiger partial charge in [0.1, 0.15) is 0 Å². The van der Waals surface area contributed by atoms with Crippen LogP contribution >= 0.6 is 11.6 Å². The van der Waals surface area contributed by atoms with E-state index in [-0.39, 0.29) is 0 Å². The number of aliphatic hydroxyl groups is 1. The Morgan fingerprint density at radius 3 is 2.86 bits per heavy atom. The molecule has 1 atom stereocenters. The number of unbranched alkanes of at least 4 members (excludes halogenated alkanes) is 1. The summed E-state index contributed by atoms with van der Waals surface area (Å²) in [5.41, 5.74) is 0.752. The van der Waals surface area contributed by atoms with Crippen LogP contribution in [0, 0.1) is 0 Å². The summed E-state index contributed by atoms with van der Waals surface area (Å²) >= 11 is 5.95. The first-order valence-corrected chi connectivity index (χ1v) is 5.47. The second-order valence-electron chi connectivity index (χ2n) is 3.35. The van der Waals surface area contributed by atoms with Gasteiger partial charge in [0, 0.05) is 6.54 Å². The Balaban J connectivity index is 2.76. The predicted molar refractivity (Wildman–Crippen MR) is 57.4 cm³/mol. The number of aliphatic hydroxyl groups excluding tert-OH is 1. The largest absolute Gasteiger partial charge is 0.387 e. The molecular weight excluding hydrogens is 200 g/mol. The van der Waals surface area contributed by atoms with Gasteiger partial charge in [0.25, 0.3) is 0 Å². The summed E-state index contributed by atoms with van der Waals surface area (Å²) < 4.78 is 1.75. The highest BCUT2D eigenvalue weighted by Crippen LogP contribution is 2.26. The Hall–Kier alpha value is -0.540. The van der Waals surface area contributed by atoms with Gasteiger partial charge < -0.3 is 5.11 Å². The van der Waals surface area contributed by atoms with Crippen molar-refractivity contribution in [2.45, 2.75) is 45.8 Å². The molecule has 0 aliphatic heterocycles. The molecule has 0 spiro atoms. The standard InChI is InChI=1S/C10H17ClN2O/c1-3-5-6-9(14)10-8(11)7-12-13(10)4-2/h7,9,14H,3-6H2,1-2H3. The summed E-state index contributed by atoms with van der Waals surface area (Å²) in [6.45, 7) is 4.83. The quantitative estimate of drug-likeness (QED) is 0.822. The van der Waals surface area contributed by atoms with Gasteiger partial charge in [-0.25, -0.2) is 0 Å². The molecule has 3 nitrogen and oxygen atoms in total. The molecule has 1 aromatic heterocycles. The lowest BCUT2D eigenvalue weighted by molar-refractivity contribution is 0.153. The first-order valence-electron chi connectivity index (χ1n) is 5.10. The van der Waals surface area contributed by atoms with E-state index in [0.717, 1.165) is 31.5 Å². The van der Waals surface area contributed by atoms with E-state index in [9.17, 15) is 5.11 Å². The highest BCUT2D eigenvalue weighted by atomic mass is 35.5.